The van der Waals surface area contributed by atoms with Crippen molar-refractivity contribution in [2.75, 3.05) is 18.1 Å². The molecule has 1 aliphatic rings. The van der Waals surface area contributed by atoms with Crippen LogP contribution in [0.3, 0.4) is 0 Å². The van der Waals surface area contributed by atoms with Gasteiger partial charge in [0.25, 0.3) is 0 Å². The third-order valence-corrected chi connectivity index (χ3v) is 3.40. The van der Waals surface area contributed by atoms with Crippen LogP contribution in [0.25, 0.3) is 0 Å². The summed E-state index contributed by atoms with van der Waals surface area (Å²) in [5.41, 5.74) is 1.03. The number of hydrogen-bond acceptors (Lipinski definition) is 4. The fourth-order valence-corrected chi connectivity index (χ4v) is 2.24. The third-order valence-electron chi connectivity index (χ3n) is 3.04. The van der Waals surface area contributed by atoms with E-state index in [0.717, 1.165) is 37.0 Å². The molecule has 1 aromatic heterocycles. The van der Waals surface area contributed by atoms with Gasteiger partial charge in [0, 0.05) is 13.6 Å². The van der Waals surface area contributed by atoms with Crippen molar-refractivity contribution in [3.05, 3.63) is 29.0 Å². The van der Waals surface area contributed by atoms with E-state index in [0.29, 0.717) is 4.77 Å². The minimum atomic E-state index is 0.618. The minimum absolute atomic E-state index is 0.618. The van der Waals surface area contributed by atoms with Crippen molar-refractivity contribution in [3.63, 3.8) is 0 Å². The topological polar surface area (TPSA) is 46.1 Å². The lowest BCUT2D eigenvalue weighted by atomic mass is 10.2. The second-order valence-corrected chi connectivity index (χ2v) is 4.60. The molecule has 18 heavy (non-hydrogen) atoms. The molecule has 0 unspecified atom stereocenters. The number of hydrogen-bond donors (Lipinski definition) is 1. The van der Waals surface area contributed by atoms with Crippen molar-refractivity contribution in [1.29, 1.82) is 0 Å². The fraction of sp³-hybridized carbons (Fsp3) is 0.333. The van der Waals surface area contributed by atoms with Gasteiger partial charge in [-0.05, 0) is 30.8 Å². The van der Waals surface area contributed by atoms with Crippen molar-refractivity contribution in [2.24, 2.45) is 7.05 Å². The molecular formula is C12H14N4OS. The molecule has 0 atom stereocenters. The van der Waals surface area contributed by atoms with E-state index in [4.69, 9.17) is 17.0 Å². The molecule has 0 spiro atoms. The summed E-state index contributed by atoms with van der Waals surface area (Å²) in [5, 5.41) is 7.11. The monoisotopic (exact) mass is 262 g/mol. The summed E-state index contributed by atoms with van der Waals surface area (Å²) in [7, 11) is 1.91. The Balaban J connectivity index is 2.12. The summed E-state index contributed by atoms with van der Waals surface area (Å²) in [6.07, 6.45) is 0.953. The maximum atomic E-state index is 5.73. The van der Waals surface area contributed by atoms with Gasteiger partial charge >= 0.3 is 0 Å². The zero-order valence-electron chi connectivity index (χ0n) is 10.1. The van der Waals surface area contributed by atoms with Crippen LogP contribution in [-0.2, 0) is 7.05 Å². The van der Waals surface area contributed by atoms with Gasteiger partial charge in [0.05, 0.1) is 12.3 Å². The van der Waals surface area contributed by atoms with Crippen molar-refractivity contribution in [2.45, 2.75) is 6.42 Å². The number of ether oxygens (including phenoxy) is 1. The highest BCUT2D eigenvalue weighted by atomic mass is 32.1. The lowest BCUT2D eigenvalue weighted by molar-refractivity contribution is 0.322. The van der Waals surface area contributed by atoms with Crippen molar-refractivity contribution in [3.8, 4) is 5.75 Å². The molecule has 5 nitrogen and oxygen atoms in total. The van der Waals surface area contributed by atoms with Gasteiger partial charge in [0.15, 0.2) is 4.77 Å². The average molecular weight is 262 g/mol. The van der Waals surface area contributed by atoms with E-state index in [-0.39, 0.29) is 0 Å². The van der Waals surface area contributed by atoms with Gasteiger partial charge in [0.1, 0.15) is 5.75 Å². The van der Waals surface area contributed by atoms with E-state index in [1.54, 1.807) is 0 Å². The summed E-state index contributed by atoms with van der Waals surface area (Å²) >= 11 is 5.16. The first-order valence-electron chi connectivity index (χ1n) is 5.88. The highest BCUT2D eigenvalue weighted by Gasteiger charge is 2.20. The lowest BCUT2D eigenvalue weighted by Crippen LogP contribution is -2.21. The number of nitrogens with zero attached hydrogens (tertiary/aromatic N) is 3. The standard InChI is InChI=1S/C12H14N4OS/c1-15-11(13-14-12(15)18)16-7-4-8-17-10-6-3-2-5-9(10)16/h2-3,5-6H,4,7-8H2,1H3,(H,14,18). The Bertz CT molecular complexity index is 619. The molecule has 6 heteroatoms. The number of benzene rings is 1. The van der Waals surface area contributed by atoms with Gasteiger partial charge in [-0.25, -0.2) is 5.10 Å². The van der Waals surface area contributed by atoms with Crippen LogP contribution in [0.5, 0.6) is 5.75 Å². The second kappa shape index (κ2) is 4.45. The number of anilines is 2. The third kappa shape index (κ3) is 1.78. The molecule has 0 aliphatic carbocycles. The molecule has 2 heterocycles. The van der Waals surface area contributed by atoms with E-state index in [2.05, 4.69) is 15.1 Å². The largest absolute Gasteiger partial charge is 0.491 e. The summed E-state index contributed by atoms with van der Waals surface area (Å²) in [6, 6.07) is 8.00. The maximum Gasteiger partial charge on any atom is 0.230 e. The summed E-state index contributed by atoms with van der Waals surface area (Å²) in [5.74, 6) is 1.71. The quantitative estimate of drug-likeness (QED) is 0.802. The van der Waals surface area contributed by atoms with E-state index >= 15 is 0 Å². The van der Waals surface area contributed by atoms with Crippen molar-refractivity contribution < 1.29 is 4.74 Å². The Labute approximate surface area is 110 Å². The number of aromatic amines is 1. The molecule has 1 aromatic carbocycles. The maximum absolute atomic E-state index is 5.73. The van der Waals surface area contributed by atoms with Crippen LogP contribution in [0.15, 0.2) is 24.3 Å². The van der Waals surface area contributed by atoms with Gasteiger partial charge in [-0.3, -0.25) is 4.57 Å². The van der Waals surface area contributed by atoms with Crippen molar-refractivity contribution in [1.82, 2.24) is 14.8 Å². The van der Waals surface area contributed by atoms with Gasteiger partial charge in [-0.2, -0.15) is 0 Å². The Kier molecular flexibility index (Phi) is 2.79. The number of fused-ring (bicyclic) bond motifs is 1. The predicted octanol–water partition coefficient (Wildman–Crippen LogP) is 2.40. The number of para-hydroxylation sites is 2. The Morgan fingerprint density at radius 3 is 3.00 bits per heavy atom. The molecule has 0 bridgehead atoms. The Hall–Kier alpha value is -1.82. The van der Waals surface area contributed by atoms with E-state index in [9.17, 15) is 0 Å². The highest BCUT2D eigenvalue weighted by Crippen LogP contribution is 2.34. The first kappa shape index (κ1) is 11.3. The van der Waals surface area contributed by atoms with Crippen LogP contribution >= 0.6 is 12.2 Å². The number of aromatic nitrogens is 3. The Morgan fingerprint density at radius 1 is 1.39 bits per heavy atom. The van der Waals surface area contributed by atoms with Gasteiger partial charge in [-0.15, -0.1) is 5.10 Å². The molecule has 1 aliphatic heterocycles. The van der Waals surface area contributed by atoms with Gasteiger partial charge in [0.2, 0.25) is 5.95 Å². The van der Waals surface area contributed by atoms with Crippen LogP contribution in [-0.4, -0.2) is 27.9 Å². The Morgan fingerprint density at radius 2 is 2.22 bits per heavy atom. The molecular weight excluding hydrogens is 248 g/mol. The van der Waals surface area contributed by atoms with Crippen LogP contribution in [0.2, 0.25) is 0 Å². The van der Waals surface area contributed by atoms with Crippen molar-refractivity contribution >= 4 is 23.9 Å². The van der Waals surface area contributed by atoms with E-state index in [1.165, 1.54) is 0 Å². The molecule has 2 aromatic rings. The zero-order valence-corrected chi connectivity index (χ0v) is 10.9. The molecule has 0 radical (unpaired) electrons. The molecule has 94 valence electrons. The van der Waals surface area contributed by atoms with E-state index < -0.39 is 0 Å². The van der Waals surface area contributed by atoms with Crippen LogP contribution < -0.4 is 9.64 Å². The minimum Gasteiger partial charge on any atom is -0.491 e. The fourth-order valence-electron chi connectivity index (χ4n) is 2.12. The second-order valence-electron chi connectivity index (χ2n) is 4.21. The number of rotatable bonds is 1. The van der Waals surface area contributed by atoms with E-state index in [1.807, 2.05) is 35.9 Å². The number of H-pyrrole nitrogens is 1. The summed E-state index contributed by atoms with van der Waals surface area (Å²) in [4.78, 5) is 2.13. The van der Waals surface area contributed by atoms with Gasteiger partial charge < -0.3 is 9.64 Å². The molecule has 0 saturated carbocycles. The highest BCUT2D eigenvalue weighted by molar-refractivity contribution is 7.71. The summed E-state index contributed by atoms with van der Waals surface area (Å²) < 4.78 is 8.22. The molecule has 3 rings (SSSR count). The summed E-state index contributed by atoms with van der Waals surface area (Å²) in [6.45, 7) is 1.59. The number of nitrogens with one attached hydrogen (secondary N) is 1. The normalized spacial score (nSPS) is 14.8. The molecule has 0 amide bonds. The first-order chi connectivity index (χ1) is 8.77. The van der Waals surface area contributed by atoms with Crippen LogP contribution in [0.1, 0.15) is 6.42 Å². The van der Waals surface area contributed by atoms with Crippen LogP contribution in [0, 0.1) is 4.77 Å². The predicted molar refractivity (Wildman–Crippen MR) is 72.0 cm³/mol. The molecule has 0 fully saturated rings. The SMILES string of the molecule is Cn1c(N2CCCOc3ccccc32)n[nH]c1=S. The smallest absolute Gasteiger partial charge is 0.230 e. The molecule has 0 saturated heterocycles. The average Bonchev–Trinajstić information content (AvgIpc) is 2.63. The van der Waals surface area contributed by atoms with Crippen LogP contribution in [0.4, 0.5) is 11.6 Å². The zero-order chi connectivity index (χ0) is 12.5. The van der Waals surface area contributed by atoms with Gasteiger partial charge in [-0.1, -0.05) is 12.1 Å². The molecule has 1 N–H and O–H groups in total. The first-order valence-corrected chi connectivity index (χ1v) is 6.29. The lowest BCUT2D eigenvalue weighted by Gasteiger charge is -2.21.